The molecule has 0 radical (unpaired) electrons. The molecule has 0 aromatic heterocycles. The van der Waals surface area contributed by atoms with E-state index in [0.717, 1.165) is 12.3 Å². The van der Waals surface area contributed by atoms with Crippen LogP contribution in [0.3, 0.4) is 0 Å². The summed E-state index contributed by atoms with van der Waals surface area (Å²) in [4.78, 5) is -0.0954. The largest absolute Gasteiger partial charge is 0.383 e. The van der Waals surface area contributed by atoms with Crippen LogP contribution in [-0.2, 0) is 9.84 Å². The zero-order chi connectivity index (χ0) is 15.8. The Bertz CT molecular complexity index is 765. The lowest BCUT2D eigenvalue weighted by Crippen LogP contribution is -2.08. The van der Waals surface area contributed by atoms with E-state index in [1.165, 1.54) is 18.2 Å². The van der Waals surface area contributed by atoms with Crippen molar-refractivity contribution in [1.29, 1.82) is 0 Å². The molecule has 0 aliphatic heterocycles. The Labute approximate surface area is 119 Å². The highest BCUT2D eigenvalue weighted by Gasteiger charge is 2.22. The number of rotatable bonds is 3. The van der Waals surface area contributed by atoms with Gasteiger partial charge in [0.1, 0.15) is 23.6 Å². The number of aliphatic hydroxyl groups is 1. The highest BCUT2D eigenvalue weighted by molar-refractivity contribution is 7.90. The summed E-state index contributed by atoms with van der Waals surface area (Å²) < 4.78 is 63.0. The lowest BCUT2D eigenvalue weighted by Gasteiger charge is -2.14. The van der Waals surface area contributed by atoms with E-state index in [0.29, 0.717) is 12.1 Å². The number of benzene rings is 2. The van der Waals surface area contributed by atoms with Gasteiger partial charge in [-0.2, -0.15) is 0 Å². The summed E-state index contributed by atoms with van der Waals surface area (Å²) in [5, 5.41) is 10.0. The summed E-state index contributed by atoms with van der Waals surface area (Å²) in [6.45, 7) is 0. The normalized spacial score (nSPS) is 13.2. The second-order valence-corrected chi connectivity index (χ2v) is 6.55. The van der Waals surface area contributed by atoms with Crippen molar-refractivity contribution in [3.8, 4) is 0 Å². The predicted molar refractivity (Wildman–Crippen MR) is 69.9 cm³/mol. The average Bonchev–Trinajstić information content (AvgIpc) is 2.36. The molecule has 2 aromatic rings. The first kappa shape index (κ1) is 15.5. The molecule has 7 heteroatoms. The Kier molecular flexibility index (Phi) is 4.06. The fraction of sp³-hybridized carbons (Fsp3) is 0.143. The molecular weight excluding hydrogens is 305 g/mol. The van der Waals surface area contributed by atoms with Crippen molar-refractivity contribution < 1.29 is 26.7 Å². The number of sulfone groups is 1. The highest BCUT2D eigenvalue weighted by atomic mass is 32.2. The van der Waals surface area contributed by atoms with Gasteiger partial charge < -0.3 is 5.11 Å². The summed E-state index contributed by atoms with van der Waals surface area (Å²) in [5.74, 6) is -3.60. The van der Waals surface area contributed by atoms with E-state index in [4.69, 9.17) is 0 Å². The molecule has 0 spiro atoms. The number of hydrogen-bond acceptors (Lipinski definition) is 3. The van der Waals surface area contributed by atoms with Crippen LogP contribution in [0.4, 0.5) is 13.2 Å². The van der Waals surface area contributed by atoms with Crippen LogP contribution in [0.25, 0.3) is 0 Å². The minimum Gasteiger partial charge on any atom is -0.383 e. The fourth-order valence-electron chi connectivity index (χ4n) is 1.90. The van der Waals surface area contributed by atoms with E-state index in [1.54, 1.807) is 0 Å². The van der Waals surface area contributed by atoms with Crippen molar-refractivity contribution in [3.63, 3.8) is 0 Å². The van der Waals surface area contributed by atoms with Crippen molar-refractivity contribution in [3.05, 3.63) is 65.0 Å². The standard InChI is InChI=1S/C14H11F3O3S/c1-21(19,20)10-4-2-3-8(5-10)14(18)13-11(16)6-9(15)7-12(13)17/h2-7,14,18H,1H3. The number of aliphatic hydroxyl groups excluding tert-OH is 1. The highest BCUT2D eigenvalue weighted by Crippen LogP contribution is 2.28. The Balaban J connectivity index is 2.53. The Morgan fingerprint density at radius 2 is 1.62 bits per heavy atom. The predicted octanol–water partition coefficient (Wildman–Crippen LogP) is 2.59. The van der Waals surface area contributed by atoms with Crippen LogP contribution in [0.15, 0.2) is 41.3 Å². The van der Waals surface area contributed by atoms with Crippen molar-refractivity contribution in [2.75, 3.05) is 6.26 Å². The van der Waals surface area contributed by atoms with Gasteiger partial charge in [-0.05, 0) is 17.7 Å². The number of hydrogen-bond donors (Lipinski definition) is 1. The van der Waals surface area contributed by atoms with Gasteiger partial charge in [-0.15, -0.1) is 0 Å². The van der Waals surface area contributed by atoms with Crippen LogP contribution < -0.4 is 0 Å². The minimum absolute atomic E-state index is 0.0117. The minimum atomic E-state index is -3.53. The second kappa shape index (κ2) is 5.50. The molecule has 0 saturated carbocycles. The van der Waals surface area contributed by atoms with Crippen LogP contribution in [0.2, 0.25) is 0 Å². The average molecular weight is 316 g/mol. The van der Waals surface area contributed by atoms with Crippen molar-refractivity contribution in [1.82, 2.24) is 0 Å². The van der Waals surface area contributed by atoms with Crippen LogP contribution in [-0.4, -0.2) is 19.8 Å². The monoisotopic (exact) mass is 316 g/mol. The Morgan fingerprint density at radius 3 is 2.14 bits per heavy atom. The molecule has 3 nitrogen and oxygen atoms in total. The smallest absolute Gasteiger partial charge is 0.175 e. The van der Waals surface area contributed by atoms with Gasteiger partial charge in [-0.3, -0.25) is 0 Å². The molecular formula is C14H11F3O3S. The molecule has 0 bridgehead atoms. The molecule has 1 unspecified atom stereocenters. The molecule has 2 rings (SSSR count). The molecule has 112 valence electrons. The SMILES string of the molecule is CS(=O)(=O)c1cccc(C(O)c2c(F)cc(F)cc2F)c1. The van der Waals surface area contributed by atoms with E-state index in [1.807, 2.05) is 0 Å². The van der Waals surface area contributed by atoms with Crippen LogP contribution >= 0.6 is 0 Å². The van der Waals surface area contributed by atoms with E-state index in [-0.39, 0.29) is 10.5 Å². The van der Waals surface area contributed by atoms with Gasteiger partial charge in [-0.1, -0.05) is 12.1 Å². The van der Waals surface area contributed by atoms with Gasteiger partial charge in [0.15, 0.2) is 9.84 Å². The zero-order valence-electron chi connectivity index (χ0n) is 10.8. The molecule has 21 heavy (non-hydrogen) atoms. The first-order valence-corrected chi connectivity index (χ1v) is 7.72. The van der Waals surface area contributed by atoms with Gasteiger partial charge in [0.05, 0.1) is 10.5 Å². The van der Waals surface area contributed by atoms with Gasteiger partial charge in [0, 0.05) is 18.4 Å². The molecule has 0 heterocycles. The van der Waals surface area contributed by atoms with Gasteiger partial charge >= 0.3 is 0 Å². The maximum absolute atomic E-state index is 13.6. The van der Waals surface area contributed by atoms with Crippen molar-refractivity contribution >= 4 is 9.84 Å². The maximum Gasteiger partial charge on any atom is 0.175 e. The zero-order valence-corrected chi connectivity index (χ0v) is 11.7. The summed E-state index contributed by atoms with van der Waals surface area (Å²) >= 11 is 0. The molecule has 0 amide bonds. The summed E-state index contributed by atoms with van der Waals surface area (Å²) in [7, 11) is -3.53. The molecule has 0 aliphatic carbocycles. The summed E-state index contributed by atoms with van der Waals surface area (Å²) in [5.41, 5.74) is -0.746. The molecule has 0 saturated heterocycles. The van der Waals surface area contributed by atoms with E-state index >= 15 is 0 Å². The third-order valence-corrected chi connectivity index (χ3v) is 4.03. The van der Waals surface area contributed by atoms with Crippen LogP contribution in [0, 0.1) is 17.5 Å². The molecule has 0 fully saturated rings. The molecule has 1 atom stereocenters. The number of halogens is 3. The lowest BCUT2D eigenvalue weighted by molar-refractivity contribution is 0.208. The van der Waals surface area contributed by atoms with Crippen LogP contribution in [0.5, 0.6) is 0 Å². The molecule has 2 aromatic carbocycles. The topological polar surface area (TPSA) is 54.4 Å². The van der Waals surface area contributed by atoms with E-state index < -0.39 is 39.0 Å². The Morgan fingerprint density at radius 1 is 1.05 bits per heavy atom. The van der Waals surface area contributed by atoms with E-state index in [9.17, 15) is 26.7 Å². The third-order valence-electron chi connectivity index (χ3n) is 2.92. The molecule has 1 N–H and O–H groups in total. The van der Waals surface area contributed by atoms with Gasteiger partial charge in [-0.25, -0.2) is 21.6 Å². The summed E-state index contributed by atoms with van der Waals surface area (Å²) in [6.07, 6.45) is -0.773. The Hall–Kier alpha value is -1.86. The maximum atomic E-state index is 13.6. The first-order chi connectivity index (χ1) is 9.70. The third kappa shape index (κ3) is 3.25. The molecule has 0 aliphatic rings. The van der Waals surface area contributed by atoms with Gasteiger partial charge in [0.25, 0.3) is 0 Å². The lowest BCUT2D eigenvalue weighted by atomic mass is 10.0. The van der Waals surface area contributed by atoms with E-state index in [2.05, 4.69) is 0 Å². The quantitative estimate of drug-likeness (QED) is 0.947. The second-order valence-electron chi connectivity index (χ2n) is 4.53. The fourth-order valence-corrected chi connectivity index (χ4v) is 2.57. The first-order valence-electron chi connectivity index (χ1n) is 5.82. The van der Waals surface area contributed by atoms with Gasteiger partial charge in [0.2, 0.25) is 0 Å². The van der Waals surface area contributed by atoms with Crippen molar-refractivity contribution in [2.24, 2.45) is 0 Å². The van der Waals surface area contributed by atoms with Crippen LogP contribution in [0.1, 0.15) is 17.2 Å². The van der Waals surface area contributed by atoms with Crippen molar-refractivity contribution in [2.45, 2.75) is 11.0 Å². The summed E-state index contributed by atoms with van der Waals surface area (Å²) in [6, 6.07) is 5.96.